The number of hydrogen-bond donors (Lipinski definition) is 0. The van der Waals surface area contributed by atoms with E-state index in [0.717, 1.165) is 19.3 Å². The van der Waals surface area contributed by atoms with Crippen LogP contribution in [0.3, 0.4) is 0 Å². The van der Waals surface area contributed by atoms with Crippen molar-refractivity contribution in [3.05, 3.63) is 59.1 Å². The molecule has 0 aromatic heterocycles. The largest absolute Gasteiger partial charge is 0.423 e. The van der Waals surface area contributed by atoms with Gasteiger partial charge in [0.05, 0.1) is 23.1 Å². The molecule has 3 fully saturated rings. The average Bonchev–Trinajstić information content (AvgIpc) is 3.37. The van der Waals surface area contributed by atoms with E-state index in [4.69, 9.17) is 16.3 Å². The van der Waals surface area contributed by atoms with Crippen LogP contribution < -0.4 is 9.64 Å². The van der Waals surface area contributed by atoms with Crippen LogP contribution in [0.25, 0.3) is 0 Å². The van der Waals surface area contributed by atoms with Crippen LogP contribution >= 0.6 is 11.6 Å². The smallest absolute Gasteiger partial charge is 0.343 e. The zero-order valence-corrected chi connectivity index (χ0v) is 15.8. The molecule has 2 aliphatic carbocycles. The number of anilines is 1. The van der Waals surface area contributed by atoms with Gasteiger partial charge in [0.25, 0.3) is 0 Å². The molecule has 2 amide bonds. The maximum absolute atomic E-state index is 12.9. The highest BCUT2D eigenvalue weighted by Gasteiger charge is 2.61. The van der Waals surface area contributed by atoms with Crippen molar-refractivity contribution in [2.24, 2.45) is 23.7 Å². The highest BCUT2D eigenvalue weighted by Crippen LogP contribution is 2.56. The summed E-state index contributed by atoms with van der Waals surface area (Å²) in [4.78, 5) is 39.3. The van der Waals surface area contributed by atoms with Crippen LogP contribution in [-0.2, 0) is 9.59 Å². The predicted octanol–water partition coefficient (Wildman–Crippen LogP) is 4.09. The molecule has 2 aromatic rings. The Hall–Kier alpha value is -2.66. The first-order valence-corrected chi connectivity index (χ1v) is 9.86. The molecule has 6 heteroatoms. The lowest BCUT2D eigenvalue weighted by atomic mass is 9.81. The second-order valence-electron chi connectivity index (χ2n) is 7.79. The SMILES string of the molecule is O=C(Oc1ccc(N2C(=O)[C@@H]3[C@@H]4CC[C@H](C4)[C@@H]3C2=O)cc1)c1ccc(Cl)cc1. The number of fused-ring (bicyclic) bond motifs is 5. The number of amides is 2. The Morgan fingerprint density at radius 3 is 2.04 bits per heavy atom. The molecule has 0 radical (unpaired) electrons. The maximum Gasteiger partial charge on any atom is 0.343 e. The molecule has 3 aliphatic rings. The number of carbonyl (C=O) groups excluding carboxylic acids is 3. The number of halogens is 1. The number of benzene rings is 2. The van der Waals surface area contributed by atoms with Crippen molar-refractivity contribution in [3.8, 4) is 5.75 Å². The zero-order valence-electron chi connectivity index (χ0n) is 15.0. The third-order valence-corrected chi connectivity index (χ3v) is 6.56. The molecular weight excluding hydrogens is 378 g/mol. The number of ether oxygens (including phenoxy) is 1. The molecule has 5 nitrogen and oxygen atoms in total. The Morgan fingerprint density at radius 2 is 1.46 bits per heavy atom. The zero-order chi connectivity index (χ0) is 19.4. The van der Waals surface area contributed by atoms with Gasteiger partial charge in [-0.3, -0.25) is 14.5 Å². The summed E-state index contributed by atoms with van der Waals surface area (Å²) in [6.45, 7) is 0. The van der Waals surface area contributed by atoms with Gasteiger partial charge in [0.15, 0.2) is 0 Å². The number of rotatable bonds is 3. The summed E-state index contributed by atoms with van der Waals surface area (Å²) in [5, 5.41) is 0.541. The summed E-state index contributed by atoms with van der Waals surface area (Å²) in [6, 6.07) is 12.9. The molecule has 1 heterocycles. The van der Waals surface area contributed by atoms with Gasteiger partial charge >= 0.3 is 5.97 Å². The van der Waals surface area contributed by atoms with Gasteiger partial charge in [-0.1, -0.05) is 11.6 Å². The van der Waals surface area contributed by atoms with E-state index in [1.807, 2.05) is 0 Å². The van der Waals surface area contributed by atoms with Crippen LogP contribution in [0.5, 0.6) is 5.75 Å². The molecule has 0 N–H and O–H groups in total. The number of hydrogen-bond acceptors (Lipinski definition) is 4. The fraction of sp³-hybridized carbons (Fsp3) is 0.318. The van der Waals surface area contributed by atoms with Crippen molar-refractivity contribution in [1.82, 2.24) is 0 Å². The van der Waals surface area contributed by atoms with E-state index in [9.17, 15) is 14.4 Å². The minimum absolute atomic E-state index is 0.0758. The Balaban J connectivity index is 1.33. The van der Waals surface area contributed by atoms with Crippen LogP contribution in [-0.4, -0.2) is 17.8 Å². The Kier molecular flexibility index (Phi) is 4.02. The lowest BCUT2D eigenvalue weighted by Gasteiger charge is -2.19. The van der Waals surface area contributed by atoms with Crippen LogP contribution in [0.2, 0.25) is 5.02 Å². The van der Waals surface area contributed by atoms with Gasteiger partial charge in [-0.05, 0) is 79.6 Å². The lowest BCUT2D eigenvalue weighted by Crippen LogP contribution is -2.32. The topological polar surface area (TPSA) is 63.7 Å². The number of imide groups is 1. The molecule has 4 atom stereocenters. The first-order valence-electron chi connectivity index (χ1n) is 9.48. The van der Waals surface area contributed by atoms with Gasteiger partial charge in [-0.2, -0.15) is 0 Å². The standard InChI is InChI=1S/C22H18ClNO4/c23-15-5-3-12(4-6-15)22(27)28-17-9-7-16(8-10-17)24-20(25)18-13-1-2-14(11-13)19(18)21(24)26/h3-10,13-14,18-19H,1-2,11H2/t13-,14-,18-,19+/m1/s1. The van der Waals surface area contributed by atoms with Gasteiger partial charge in [0, 0.05) is 5.02 Å². The second kappa shape index (κ2) is 6.45. The molecule has 0 spiro atoms. The second-order valence-corrected chi connectivity index (χ2v) is 8.22. The van der Waals surface area contributed by atoms with E-state index in [-0.39, 0.29) is 23.7 Å². The summed E-state index contributed by atoms with van der Waals surface area (Å²) in [6.07, 6.45) is 3.12. The fourth-order valence-electron chi connectivity index (χ4n) is 5.08. The first kappa shape index (κ1) is 17.4. The van der Waals surface area contributed by atoms with Crippen molar-refractivity contribution in [2.45, 2.75) is 19.3 Å². The molecule has 0 unspecified atom stereocenters. The molecule has 1 aliphatic heterocycles. The van der Waals surface area contributed by atoms with Gasteiger partial charge < -0.3 is 4.74 Å². The van der Waals surface area contributed by atoms with Crippen LogP contribution in [0.4, 0.5) is 5.69 Å². The Labute approximate surface area is 167 Å². The summed E-state index contributed by atoms with van der Waals surface area (Å²) in [5.41, 5.74) is 0.928. The van der Waals surface area contributed by atoms with E-state index >= 15 is 0 Å². The summed E-state index contributed by atoms with van der Waals surface area (Å²) in [7, 11) is 0. The van der Waals surface area contributed by atoms with Crippen LogP contribution in [0.15, 0.2) is 48.5 Å². The molecule has 28 heavy (non-hydrogen) atoms. The molecule has 2 saturated carbocycles. The minimum Gasteiger partial charge on any atom is -0.423 e. The summed E-state index contributed by atoms with van der Waals surface area (Å²) in [5.74, 6) is 0.127. The third-order valence-electron chi connectivity index (χ3n) is 6.31. The van der Waals surface area contributed by atoms with Crippen molar-refractivity contribution in [2.75, 3.05) is 4.90 Å². The molecule has 5 rings (SSSR count). The van der Waals surface area contributed by atoms with E-state index in [1.54, 1.807) is 48.5 Å². The van der Waals surface area contributed by atoms with Crippen LogP contribution in [0.1, 0.15) is 29.6 Å². The first-order chi connectivity index (χ1) is 13.5. The lowest BCUT2D eigenvalue weighted by molar-refractivity contribution is -0.123. The molecular formula is C22H18ClNO4. The van der Waals surface area contributed by atoms with E-state index in [2.05, 4.69) is 0 Å². The quantitative estimate of drug-likeness (QED) is 0.446. The fourth-order valence-corrected chi connectivity index (χ4v) is 5.20. The Morgan fingerprint density at radius 1 is 0.893 bits per heavy atom. The van der Waals surface area contributed by atoms with Crippen molar-refractivity contribution < 1.29 is 19.1 Å². The minimum atomic E-state index is -0.496. The molecule has 2 aromatic carbocycles. The van der Waals surface area contributed by atoms with Crippen molar-refractivity contribution in [3.63, 3.8) is 0 Å². The normalized spacial score (nSPS) is 28.0. The van der Waals surface area contributed by atoms with Crippen molar-refractivity contribution >= 4 is 35.1 Å². The molecule has 2 bridgehead atoms. The number of esters is 1. The van der Waals surface area contributed by atoms with Crippen LogP contribution in [0, 0.1) is 23.7 Å². The third kappa shape index (κ3) is 2.65. The summed E-state index contributed by atoms with van der Waals surface area (Å²) >= 11 is 5.82. The Bertz CT molecular complexity index is 941. The van der Waals surface area contributed by atoms with Gasteiger partial charge in [0.1, 0.15) is 5.75 Å². The summed E-state index contributed by atoms with van der Waals surface area (Å²) < 4.78 is 5.36. The average molecular weight is 396 g/mol. The van der Waals surface area contributed by atoms with Gasteiger partial charge in [-0.15, -0.1) is 0 Å². The van der Waals surface area contributed by atoms with E-state index in [0.29, 0.717) is 33.9 Å². The molecule has 142 valence electrons. The highest BCUT2D eigenvalue weighted by molar-refractivity contribution is 6.30. The highest BCUT2D eigenvalue weighted by atomic mass is 35.5. The van der Waals surface area contributed by atoms with E-state index < -0.39 is 5.97 Å². The number of nitrogens with zero attached hydrogens (tertiary/aromatic N) is 1. The number of carbonyl (C=O) groups is 3. The van der Waals surface area contributed by atoms with Crippen molar-refractivity contribution in [1.29, 1.82) is 0 Å². The predicted molar refractivity (Wildman–Crippen MR) is 103 cm³/mol. The maximum atomic E-state index is 12.9. The van der Waals surface area contributed by atoms with E-state index in [1.165, 1.54) is 4.90 Å². The molecule has 1 saturated heterocycles. The monoisotopic (exact) mass is 395 g/mol. The van der Waals surface area contributed by atoms with Gasteiger partial charge in [-0.25, -0.2) is 4.79 Å². The van der Waals surface area contributed by atoms with Gasteiger partial charge in [0.2, 0.25) is 11.8 Å².